The largest absolute Gasteiger partial charge is 0.379 e. The maximum atomic E-state index is 5.50. The lowest BCUT2D eigenvalue weighted by atomic mass is 10.1. The average Bonchev–Trinajstić information content (AvgIpc) is 2.28. The summed E-state index contributed by atoms with van der Waals surface area (Å²) in [5, 5.41) is 3.46. The van der Waals surface area contributed by atoms with Crippen LogP contribution in [-0.4, -0.2) is 51.2 Å². The van der Waals surface area contributed by atoms with E-state index in [9.17, 15) is 0 Å². The van der Waals surface area contributed by atoms with Gasteiger partial charge in [0.05, 0.1) is 32.5 Å². The first kappa shape index (κ1) is 18.8. The van der Waals surface area contributed by atoms with E-state index in [0.29, 0.717) is 26.4 Å². The number of hydrogen-bond donors (Lipinski definition) is 1. The SMILES string of the molecule is CC(C)OCCOCCOCCCCNC(C)(C)C. The number of nitrogens with one attached hydrogen (secondary N) is 1. The first-order valence-electron chi connectivity index (χ1n) is 7.44. The van der Waals surface area contributed by atoms with Crippen molar-refractivity contribution in [3.8, 4) is 0 Å². The van der Waals surface area contributed by atoms with Crippen LogP contribution in [0.3, 0.4) is 0 Å². The minimum atomic E-state index is 0.215. The zero-order chi connectivity index (χ0) is 14.6. The molecule has 0 aliphatic rings. The Balaban J connectivity index is 3.03. The summed E-state index contributed by atoms with van der Waals surface area (Å²) in [6, 6.07) is 0. The highest BCUT2D eigenvalue weighted by Crippen LogP contribution is 1.99. The Morgan fingerprint density at radius 2 is 1.42 bits per heavy atom. The van der Waals surface area contributed by atoms with Crippen LogP contribution in [-0.2, 0) is 14.2 Å². The predicted octanol–water partition coefficient (Wildman–Crippen LogP) is 2.61. The molecule has 0 aromatic heterocycles. The highest BCUT2D eigenvalue weighted by Gasteiger charge is 2.06. The van der Waals surface area contributed by atoms with Gasteiger partial charge in [-0.2, -0.15) is 0 Å². The third-order valence-electron chi connectivity index (χ3n) is 2.42. The molecule has 4 heteroatoms. The number of rotatable bonds is 12. The fourth-order valence-electron chi connectivity index (χ4n) is 1.46. The van der Waals surface area contributed by atoms with Crippen LogP contribution < -0.4 is 5.32 Å². The van der Waals surface area contributed by atoms with Crippen molar-refractivity contribution in [3.63, 3.8) is 0 Å². The second kappa shape index (κ2) is 11.6. The number of unbranched alkanes of at least 4 members (excludes halogenated alkanes) is 1. The first-order valence-corrected chi connectivity index (χ1v) is 7.44. The van der Waals surface area contributed by atoms with Crippen LogP contribution in [0.25, 0.3) is 0 Å². The van der Waals surface area contributed by atoms with Crippen LogP contribution in [0.1, 0.15) is 47.5 Å². The van der Waals surface area contributed by atoms with E-state index >= 15 is 0 Å². The zero-order valence-electron chi connectivity index (χ0n) is 13.5. The van der Waals surface area contributed by atoms with E-state index in [4.69, 9.17) is 14.2 Å². The Bertz CT molecular complexity index is 190. The predicted molar refractivity (Wildman–Crippen MR) is 79.7 cm³/mol. The molecule has 0 radical (unpaired) electrons. The van der Waals surface area contributed by atoms with Crippen molar-refractivity contribution in [3.05, 3.63) is 0 Å². The van der Waals surface area contributed by atoms with Crippen molar-refractivity contribution in [2.45, 2.75) is 59.1 Å². The highest BCUT2D eigenvalue weighted by atomic mass is 16.5. The van der Waals surface area contributed by atoms with Crippen molar-refractivity contribution < 1.29 is 14.2 Å². The van der Waals surface area contributed by atoms with Crippen LogP contribution in [0.4, 0.5) is 0 Å². The van der Waals surface area contributed by atoms with Crippen molar-refractivity contribution in [2.24, 2.45) is 0 Å². The second-order valence-corrected chi connectivity index (χ2v) is 6.03. The molecule has 0 aromatic carbocycles. The molecule has 0 amide bonds. The Morgan fingerprint density at radius 1 is 0.842 bits per heavy atom. The second-order valence-electron chi connectivity index (χ2n) is 6.03. The summed E-state index contributed by atoms with van der Waals surface area (Å²) in [5.74, 6) is 0. The molecule has 0 aromatic rings. The third-order valence-corrected chi connectivity index (χ3v) is 2.42. The third kappa shape index (κ3) is 17.8. The zero-order valence-corrected chi connectivity index (χ0v) is 13.5. The Labute approximate surface area is 119 Å². The van der Waals surface area contributed by atoms with Gasteiger partial charge in [0.15, 0.2) is 0 Å². The van der Waals surface area contributed by atoms with E-state index in [0.717, 1.165) is 26.0 Å². The molecule has 0 bridgehead atoms. The minimum Gasteiger partial charge on any atom is -0.379 e. The molecular weight excluding hydrogens is 242 g/mol. The molecular formula is C15H33NO3. The quantitative estimate of drug-likeness (QED) is 0.556. The maximum Gasteiger partial charge on any atom is 0.0703 e. The fraction of sp³-hybridized carbons (Fsp3) is 1.00. The van der Waals surface area contributed by atoms with Gasteiger partial charge >= 0.3 is 0 Å². The first-order chi connectivity index (χ1) is 8.92. The Kier molecular flexibility index (Phi) is 11.6. The fourth-order valence-corrected chi connectivity index (χ4v) is 1.46. The summed E-state index contributed by atoms with van der Waals surface area (Å²) in [4.78, 5) is 0. The van der Waals surface area contributed by atoms with E-state index in [1.165, 1.54) is 0 Å². The van der Waals surface area contributed by atoms with E-state index < -0.39 is 0 Å². The van der Waals surface area contributed by atoms with Gasteiger partial charge < -0.3 is 19.5 Å². The molecule has 0 unspecified atom stereocenters. The summed E-state index contributed by atoms with van der Waals surface area (Å²) < 4.78 is 16.3. The molecule has 0 fully saturated rings. The Hall–Kier alpha value is -0.160. The Morgan fingerprint density at radius 3 is 2.00 bits per heavy atom. The van der Waals surface area contributed by atoms with Gasteiger partial charge in [-0.25, -0.2) is 0 Å². The van der Waals surface area contributed by atoms with Gasteiger partial charge in [0.2, 0.25) is 0 Å². The van der Waals surface area contributed by atoms with Gasteiger partial charge in [-0.05, 0) is 54.0 Å². The van der Waals surface area contributed by atoms with Crippen LogP contribution in [0.5, 0.6) is 0 Å². The topological polar surface area (TPSA) is 39.7 Å². The van der Waals surface area contributed by atoms with Gasteiger partial charge in [0.25, 0.3) is 0 Å². The summed E-state index contributed by atoms with van der Waals surface area (Å²) in [5.41, 5.74) is 0.215. The van der Waals surface area contributed by atoms with E-state index in [1.54, 1.807) is 0 Å². The summed E-state index contributed by atoms with van der Waals surface area (Å²) in [6.07, 6.45) is 2.53. The van der Waals surface area contributed by atoms with E-state index in [1.807, 2.05) is 13.8 Å². The van der Waals surface area contributed by atoms with Crippen molar-refractivity contribution in [2.75, 3.05) is 39.6 Å². The monoisotopic (exact) mass is 275 g/mol. The number of ether oxygens (including phenoxy) is 3. The van der Waals surface area contributed by atoms with Crippen LogP contribution >= 0.6 is 0 Å². The summed E-state index contributed by atoms with van der Waals surface area (Å²) >= 11 is 0. The molecule has 19 heavy (non-hydrogen) atoms. The van der Waals surface area contributed by atoms with Gasteiger partial charge in [0, 0.05) is 12.1 Å². The van der Waals surface area contributed by atoms with E-state index in [-0.39, 0.29) is 11.6 Å². The van der Waals surface area contributed by atoms with E-state index in [2.05, 4.69) is 26.1 Å². The molecule has 0 aliphatic carbocycles. The van der Waals surface area contributed by atoms with Crippen LogP contribution in [0.2, 0.25) is 0 Å². The molecule has 0 aliphatic heterocycles. The normalized spacial score (nSPS) is 12.3. The summed E-state index contributed by atoms with van der Waals surface area (Å²) in [6.45, 7) is 15.1. The lowest BCUT2D eigenvalue weighted by Gasteiger charge is -2.20. The maximum absolute atomic E-state index is 5.50. The van der Waals surface area contributed by atoms with Gasteiger partial charge in [-0.15, -0.1) is 0 Å². The van der Waals surface area contributed by atoms with Crippen molar-refractivity contribution >= 4 is 0 Å². The van der Waals surface area contributed by atoms with Crippen molar-refractivity contribution in [1.29, 1.82) is 0 Å². The lowest BCUT2D eigenvalue weighted by Crippen LogP contribution is -2.36. The van der Waals surface area contributed by atoms with Gasteiger partial charge in [-0.3, -0.25) is 0 Å². The molecule has 0 atom stereocenters. The minimum absolute atomic E-state index is 0.215. The standard InChI is InChI=1S/C15H33NO3/c1-14(2)19-13-12-18-11-10-17-9-7-6-8-16-15(3,4)5/h14,16H,6-13H2,1-5H3. The molecule has 116 valence electrons. The summed E-state index contributed by atoms with van der Waals surface area (Å²) in [7, 11) is 0. The van der Waals surface area contributed by atoms with Crippen molar-refractivity contribution in [1.82, 2.24) is 5.32 Å². The molecule has 0 spiro atoms. The lowest BCUT2D eigenvalue weighted by molar-refractivity contribution is -0.00182. The highest BCUT2D eigenvalue weighted by molar-refractivity contribution is 4.69. The van der Waals surface area contributed by atoms with Gasteiger partial charge in [-0.1, -0.05) is 0 Å². The molecule has 0 saturated carbocycles. The van der Waals surface area contributed by atoms with Crippen LogP contribution in [0.15, 0.2) is 0 Å². The van der Waals surface area contributed by atoms with Gasteiger partial charge in [0.1, 0.15) is 0 Å². The number of hydrogen-bond acceptors (Lipinski definition) is 4. The smallest absolute Gasteiger partial charge is 0.0703 e. The average molecular weight is 275 g/mol. The molecule has 1 N–H and O–H groups in total. The van der Waals surface area contributed by atoms with Crippen LogP contribution in [0, 0.1) is 0 Å². The molecule has 4 nitrogen and oxygen atoms in total. The molecule has 0 rings (SSSR count). The molecule has 0 saturated heterocycles. The molecule has 0 heterocycles.